The van der Waals surface area contributed by atoms with Crippen LogP contribution in [0.25, 0.3) is 16.9 Å². The summed E-state index contributed by atoms with van der Waals surface area (Å²) >= 11 is 16.1. The first-order valence-electron chi connectivity index (χ1n) is 11.2. The highest BCUT2D eigenvalue weighted by Crippen LogP contribution is 2.34. The SMILES string of the molecule is O=C(c1ccc(Br)cc1-n1cncn1)N1CC(c2ocnc2Cn2cc(-c3c(Cl)cccc3Cl)nn2)C1. The fourth-order valence-corrected chi connectivity index (χ4v) is 5.24. The van der Waals surface area contributed by atoms with Gasteiger partial charge >= 0.3 is 0 Å². The van der Waals surface area contributed by atoms with E-state index in [2.05, 4.69) is 41.3 Å². The summed E-state index contributed by atoms with van der Waals surface area (Å²) in [4.78, 5) is 23.4. The Morgan fingerprint density at radius 3 is 2.73 bits per heavy atom. The number of carbonyl (C=O) groups is 1. The smallest absolute Gasteiger partial charge is 0.256 e. The Morgan fingerprint density at radius 1 is 1.16 bits per heavy atom. The van der Waals surface area contributed by atoms with Crippen molar-refractivity contribution in [3.8, 4) is 16.9 Å². The molecule has 0 unspecified atom stereocenters. The zero-order chi connectivity index (χ0) is 25.5. The number of halogens is 3. The van der Waals surface area contributed by atoms with E-state index in [-0.39, 0.29) is 11.8 Å². The van der Waals surface area contributed by atoms with Crippen LogP contribution in [0.3, 0.4) is 0 Å². The number of carbonyl (C=O) groups excluding carboxylic acids is 1. The molecule has 1 fully saturated rings. The molecular weight excluding hydrogens is 583 g/mol. The van der Waals surface area contributed by atoms with Crippen LogP contribution in [0.2, 0.25) is 10.0 Å². The number of aromatic nitrogens is 7. The fourth-order valence-electron chi connectivity index (χ4n) is 4.30. The zero-order valence-electron chi connectivity index (χ0n) is 19.0. The molecule has 1 aliphatic heterocycles. The number of nitrogens with zero attached hydrogens (tertiary/aromatic N) is 8. The molecule has 13 heteroatoms. The van der Waals surface area contributed by atoms with E-state index < -0.39 is 0 Å². The highest BCUT2D eigenvalue weighted by atomic mass is 79.9. The molecule has 5 aromatic rings. The molecule has 6 rings (SSSR count). The Hall–Kier alpha value is -3.54. The summed E-state index contributed by atoms with van der Waals surface area (Å²) in [6.07, 6.45) is 6.17. The largest absolute Gasteiger partial charge is 0.448 e. The lowest BCUT2D eigenvalue weighted by Gasteiger charge is -2.38. The molecule has 0 atom stereocenters. The van der Waals surface area contributed by atoms with Crippen molar-refractivity contribution < 1.29 is 9.21 Å². The van der Waals surface area contributed by atoms with Gasteiger partial charge in [0.15, 0.2) is 6.39 Å². The van der Waals surface area contributed by atoms with Crippen LogP contribution in [0, 0.1) is 0 Å². The molecule has 1 amide bonds. The number of rotatable bonds is 6. The van der Waals surface area contributed by atoms with Crippen LogP contribution in [0.4, 0.5) is 0 Å². The van der Waals surface area contributed by atoms with Gasteiger partial charge in [0.2, 0.25) is 0 Å². The first kappa shape index (κ1) is 23.8. The third-order valence-corrected chi connectivity index (χ3v) is 7.26. The minimum absolute atomic E-state index is 0.0210. The van der Waals surface area contributed by atoms with Gasteiger partial charge in [-0.15, -0.1) is 5.10 Å². The second-order valence-corrected chi connectivity index (χ2v) is 10.2. The highest BCUT2D eigenvalue weighted by Gasteiger charge is 2.37. The van der Waals surface area contributed by atoms with E-state index in [0.717, 1.165) is 15.9 Å². The lowest BCUT2D eigenvalue weighted by Crippen LogP contribution is -2.48. The molecule has 4 heterocycles. The Morgan fingerprint density at radius 2 is 1.97 bits per heavy atom. The van der Waals surface area contributed by atoms with Crippen LogP contribution in [-0.2, 0) is 6.54 Å². The van der Waals surface area contributed by atoms with Crippen LogP contribution in [-0.4, -0.2) is 58.6 Å². The van der Waals surface area contributed by atoms with Crippen molar-refractivity contribution >= 4 is 45.0 Å². The average Bonchev–Trinajstić information content (AvgIpc) is 3.62. The van der Waals surface area contributed by atoms with E-state index in [0.29, 0.717) is 52.2 Å². The van der Waals surface area contributed by atoms with Gasteiger partial charge in [-0.3, -0.25) is 4.79 Å². The predicted molar refractivity (Wildman–Crippen MR) is 139 cm³/mol. The molecule has 37 heavy (non-hydrogen) atoms. The number of hydrogen-bond acceptors (Lipinski definition) is 7. The second-order valence-electron chi connectivity index (χ2n) is 8.47. The fraction of sp³-hybridized carbons (Fsp3) is 0.167. The molecule has 0 N–H and O–H groups in total. The summed E-state index contributed by atoms with van der Waals surface area (Å²) in [6.45, 7) is 1.37. The van der Waals surface area contributed by atoms with Gasteiger partial charge in [0.05, 0.1) is 40.0 Å². The molecule has 0 bridgehead atoms. The van der Waals surface area contributed by atoms with Gasteiger partial charge in [-0.2, -0.15) is 5.10 Å². The summed E-state index contributed by atoms with van der Waals surface area (Å²) in [5.74, 6) is 0.657. The van der Waals surface area contributed by atoms with E-state index >= 15 is 0 Å². The van der Waals surface area contributed by atoms with Crippen molar-refractivity contribution in [1.29, 1.82) is 0 Å². The standard InChI is InChI=1S/C24H17BrCl2N8O2/c25-15-4-5-16(21(6-15)35-12-28-11-30-35)24(36)33-7-14(8-33)23-20(29-13-37-23)10-34-9-19(31-32-34)22-17(26)2-1-3-18(22)27/h1-6,9,11-14H,7-8,10H2. The van der Waals surface area contributed by atoms with Crippen LogP contribution >= 0.6 is 39.1 Å². The molecule has 0 saturated carbocycles. The summed E-state index contributed by atoms with van der Waals surface area (Å²) in [5.41, 5.74) is 3.12. The molecule has 0 spiro atoms. The van der Waals surface area contributed by atoms with Gasteiger partial charge in [0.1, 0.15) is 29.8 Å². The first-order chi connectivity index (χ1) is 18.0. The third-order valence-electron chi connectivity index (χ3n) is 6.14. The number of hydrogen-bond donors (Lipinski definition) is 0. The van der Waals surface area contributed by atoms with E-state index in [1.807, 2.05) is 12.1 Å². The minimum Gasteiger partial charge on any atom is -0.448 e. The van der Waals surface area contributed by atoms with E-state index in [1.54, 1.807) is 51.1 Å². The normalized spacial score (nSPS) is 13.6. The van der Waals surface area contributed by atoms with Crippen LogP contribution in [0.1, 0.15) is 27.7 Å². The van der Waals surface area contributed by atoms with Gasteiger partial charge in [-0.25, -0.2) is 19.3 Å². The van der Waals surface area contributed by atoms with Crippen molar-refractivity contribution in [1.82, 2.24) is 39.6 Å². The molecule has 2 aromatic carbocycles. The molecule has 1 saturated heterocycles. The quantitative estimate of drug-likeness (QED) is 0.274. The van der Waals surface area contributed by atoms with Crippen molar-refractivity contribution in [2.75, 3.05) is 13.1 Å². The molecule has 186 valence electrons. The molecule has 10 nitrogen and oxygen atoms in total. The summed E-state index contributed by atoms with van der Waals surface area (Å²) in [7, 11) is 0. The second kappa shape index (κ2) is 9.73. The molecule has 0 radical (unpaired) electrons. The Kier molecular flexibility index (Phi) is 6.27. The number of likely N-dealkylation sites (tertiary alicyclic amines) is 1. The Balaban J connectivity index is 1.16. The van der Waals surface area contributed by atoms with Crippen molar-refractivity contribution in [3.05, 3.63) is 93.2 Å². The lowest BCUT2D eigenvalue weighted by molar-refractivity contribution is 0.0580. The summed E-state index contributed by atoms with van der Waals surface area (Å²) in [6, 6.07) is 10.7. The summed E-state index contributed by atoms with van der Waals surface area (Å²) in [5, 5.41) is 13.6. The predicted octanol–water partition coefficient (Wildman–Crippen LogP) is 4.87. The van der Waals surface area contributed by atoms with Gasteiger partial charge < -0.3 is 9.32 Å². The first-order valence-corrected chi connectivity index (χ1v) is 12.7. The number of amides is 1. The van der Waals surface area contributed by atoms with Crippen molar-refractivity contribution in [2.24, 2.45) is 0 Å². The topological polar surface area (TPSA) is 108 Å². The minimum atomic E-state index is -0.0900. The number of oxazole rings is 1. The zero-order valence-corrected chi connectivity index (χ0v) is 22.1. The van der Waals surface area contributed by atoms with Gasteiger partial charge in [-0.05, 0) is 30.3 Å². The Bertz CT molecular complexity index is 1570. The van der Waals surface area contributed by atoms with Gasteiger partial charge in [0.25, 0.3) is 5.91 Å². The van der Waals surface area contributed by atoms with E-state index in [4.69, 9.17) is 27.6 Å². The van der Waals surface area contributed by atoms with E-state index in [1.165, 1.54) is 12.7 Å². The maximum Gasteiger partial charge on any atom is 0.256 e. The van der Waals surface area contributed by atoms with Crippen molar-refractivity contribution in [2.45, 2.75) is 12.5 Å². The Labute approximate surface area is 229 Å². The van der Waals surface area contributed by atoms with Crippen LogP contribution < -0.4 is 0 Å². The average molecular weight is 600 g/mol. The molecular formula is C24H17BrCl2N8O2. The van der Waals surface area contributed by atoms with Crippen LogP contribution in [0.5, 0.6) is 0 Å². The van der Waals surface area contributed by atoms with Gasteiger partial charge in [-0.1, -0.05) is 50.4 Å². The van der Waals surface area contributed by atoms with Gasteiger partial charge in [0, 0.05) is 23.1 Å². The lowest BCUT2D eigenvalue weighted by atomic mass is 9.94. The maximum atomic E-state index is 13.3. The highest BCUT2D eigenvalue weighted by molar-refractivity contribution is 9.10. The van der Waals surface area contributed by atoms with E-state index in [9.17, 15) is 4.79 Å². The maximum absolute atomic E-state index is 13.3. The monoisotopic (exact) mass is 598 g/mol. The molecule has 0 aliphatic carbocycles. The van der Waals surface area contributed by atoms with Crippen LogP contribution in [0.15, 0.2) is 70.5 Å². The summed E-state index contributed by atoms with van der Waals surface area (Å²) < 4.78 is 9.80. The molecule has 1 aliphatic rings. The van der Waals surface area contributed by atoms with Crippen molar-refractivity contribution in [3.63, 3.8) is 0 Å². The molecule has 3 aromatic heterocycles. The third kappa shape index (κ3) is 4.54. The number of benzene rings is 2.